The molecule has 0 fully saturated rings. The molecule has 0 unspecified atom stereocenters. The van der Waals surface area contributed by atoms with Gasteiger partial charge >= 0.3 is 5.97 Å². The summed E-state index contributed by atoms with van der Waals surface area (Å²) in [5.74, 6) is -0.503. The Balaban J connectivity index is 1.68. The molecule has 3 heterocycles. The highest BCUT2D eigenvalue weighted by atomic mass is 32.1. The Morgan fingerprint density at radius 1 is 1.19 bits per heavy atom. The van der Waals surface area contributed by atoms with E-state index in [1.165, 1.54) is 18.4 Å². The number of anilines is 1. The average Bonchev–Trinajstić information content (AvgIpc) is 3.37. The van der Waals surface area contributed by atoms with Crippen LogP contribution in [0.25, 0.3) is 9.88 Å². The molecule has 3 aromatic rings. The second kappa shape index (κ2) is 7.01. The van der Waals surface area contributed by atoms with Crippen LogP contribution in [0.1, 0.15) is 32.8 Å². The lowest BCUT2D eigenvalue weighted by atomic mass is 9.96. The predicted octanol–water partition coefficient (Wildman–Crippen LogP) is 4.25. The molecule has 0 aliphatic carbocycles. The zero-order valence-electron chi connectivity index (χ0n) is 14.1. The van der Waals surface area contributed by atoms with Gasteiger partial charge in [-0.25, -0.2) is 9.78 Å². The summed E-state index contributed by atoms with van der Waals surface area (Å²) >= 11 is 3.07. The Morgan fingerprint density at radius 2 is 2.08 bits per heavy atom. The molecule has 0 bridgehead atoms. The zero-order chi connectivity index (χ0) is 18.1. The van der Waals surface area contributed by atoms with Crippen LogP contribution in [0.2, 0.25) is 0 Å². The maximum atomic E-state index is 13.1. The van der Waals surface area contributed by atoms with E-state index >= 15 is 0 Å². The smallest absolute Gasteiger partial charge is 0.338 e. The van der Waals surface area contributed by atoms with Crippen LogP contribution in [-0.4, -0.2) is 30.5 Å². The summed E-state index contributed by atoms with van der Waals surface area (Å²) in [5.41, 5.74) is 2.61. The second-order valence-corrected chi connectivity index (χ2v) is 7.68. The minimum atomic E-state index is -0.371. The van der Waals surface area contributed by atoms with Crippen LogP contribution in [-0.2, 0) is 11.2 Å². The molecule has 5 nitrogen and oxygen atoms in total. The molecule has 4 rings (SSSR count). The monoisotopic (exact) mass is 384 g/mol. The van der Waals surface area contributed by atoms with E-state index in [1.54, 1.807) is 33.7 Å². The van der Waals surface area contributed by atoms with Gasteiger partial charge in [0.1, 0.15) is 10.7 Å². The number of hydrogen-bond acceptors (Lipinski definition) is 6. The van der Waals surface area contributed by atoms with Crippen molar-refractivity contribution in [3.63, 3.8) is 0 Å². The standard InChI is InChI=1S/C19H16N2O3S2/c1-24-19(23)13-5-2-7-15-12(13)6-3-9-21(15)18(22)14-11-26-17(20-14)16-8-4-10-25-16/h2,4-5,7-8,10-11H,3,6,9H2,1H3. The van der Waals surface area contributed by atoms with Gasteiger partial charge in [-0.3, -0.25) is 4.79 Å². The number of carbonyl (C=O) groups excluding carboxylic acids is 2. The SMILES string of the molecule is COC(=O)c1cccc2c1CCCN2C(=O)c1csc(-c2cccs2)n1. The summed E-state index contributed by atoms with van der Waals surface area (Å²) in [6.07, 6.45) is 1.55. The van der Waals surface area contributed by atoms with Crippen LogP contribution in [0.3, 0.4) is 0 Å². The van der Waals surface area contributed by atoms with Gasteiger partial charge in [0.25, 0.3) is 5.91 Å². The van der Waals surface area contributed by atoms with Gasteiger partial charge in [-0.2, -0.15) is 0 Å². The van der Waals surface area contributed by atoms with Gasteiger partial charge < -0.3 is 9.64 Å². The number of rotatable bonds is 3. The third-order valence-electron chi connectivity index (χ3n) is 4.36. The first-order valence-corrected chi connectivity index (χ1v) is 9.96. The number of hydrogen-bond donors (Lipinski definition) is 0. The lowest BCUT2D eigenvalue weighted by molar-refractivity contribution is 0.0599. The first-order valence-electron chi connectivity index (χ1n) is 8.20. The van der Waals surface area contributed by atoms with Gasteiger partial charge in [0.05, 0.1) is 17.6 Å². The number of aromatic nitrogens is 1. The molecule has 0 saturated carbocycles. The largest absolute Gasteiger partial charge is 0.465 e. The number of methoxy groups -OCH3 is 1. The van der Waals surface area contributed by atoms with Crippen LogP contribution in [0.5, 0.6) is 0 Å². The molecular formula is C19H16N2O3S2. The lowest BCUT2D eigenvalue weighted by Crippen LogP contribution is -2.36. The van der Waals surface area contributed by atoms with Crippen molar-refractivity contribution in [3.8, 4) is 9.88 Å². The molecular weight excluding hydrogens is 368 g/mol. The van der Waals surface area contributed by atoms with Crippen LogP contribution in [0.4, 0.5) is 5.69 Å². The number of benzene rings is 1. The summed E-state index contributed by atoms with van der Waals surface area (Å²) in [5, 5.41) is 4.65. The predicted molar refractivity (Wildman–Crippen MR) is 103 cm³/mol. The fraction of sp³-hybridized carbons (Fsp3) is 0.211. The fourth-order valence-electron chi connectivity index (χ4n) is 3.16. The highest BCUT2D eigenvalue weighted by Crippen LogP contribution is 2.33. The summed E-state index contributed by atoms with van der Waals surface area (Å²) in [6.45, 7) is 0.613. The van der Waals surface area contributed by atoms with Gasteiger partial charge in [0, 0.05) is 17.6 Å². The van der Waals surface area contributed by atoms with Crippen molar-refractivity contribution in [3.05, 3.63) is 57.9 Å². The third-order valence-corrected chi connectivity index (χ3v) is 6.24. The van der Waals surface area contributed by atoms with E-state index in [-0.39, 0.29) is 11.9 Å². The van der Waals surface area contributed by atoms with Crippen molar-refractivity contribution < 1.29 is 14.3 Å². The molecule has 1 aliphatic heterocycles. The normalized spacial score (nSPS) is 13.3. The molecule has 0 N–H and O–H groups in total. The Bertz CT molecular complexity index is 963. The Morgan fingerprint density at radius 3 is 2.85 bits per heavy atom. The molecule has 7 heteroatoms. The number of thiazole rings is 1. The molecule has 2 aromatic heterocycles. The molecule has 0 atom stereocenters. The Kier molecular flexibility index (Phi) is 4.57. The third kappa shape index (κ3) is 2.93. The number of carbonyl (C=O) groups is 2. The van der Waals surface area contributed by atoms with Gasteiger partial charge in [0.2, 0.25) is 0 Å². The molecule has 1 aromatic carbocycles. The number of nitrogens with zero attached hydrogens (tertiary/aromatic N) is 2. The summed E-state index contributed by atoms with van der Waals surface area (Å²) in [6, 6.07) is 9.38. The van der Waals surface area contributed by atoms with Crippen molar-refractivity contribution >= 4 is 40.2 Å². The summed E-state index contributed by atoms with van der Waals surface area (Å²) in [4.78, 5) is 32.4. The van der Waals surface area contributed by atoms with Gasteiger partial charge in [0.15, 0.2) is 0 Å². The zero-order valence-corrected chi connectivity index (χ0v) is 15.7. The van der Waals surface area contributed by atoms with E-state index in [4.69, 9.17) is 4.74 Å². The average molecular weight is 384 g/mol. The Labute approximate surface area is 158 Å². The highest BCUT2D eigenvalue weighted by Gasteiger charge is 2.28. The van der Waals surface area contributed by atoms with E-state index in [0.29, 0.717) is 17.8 Å². The van der Waals surface area contributed by atoms with Crippen molar-refractivity contribution in [2.75, 3.05) is 18.6 Å². The lowest BCUT2D eigenvalue weighted by Gasteiger charge is -2.30. The first-order chi connectivity index (χ1) is 12.7. The van der Waals surface area contributed by atoms with Crippen LogP contribution in [0.15, 0.2) is 41.1 Å². The summed E-state index contributed by atoms with van der Waals surface area (Å²) < 4.78 is 4.88. The van der Waals surface area contributed by atoms with Gasteiger partial charge in [-0.1, -0.05) is 12.1 Å². The number of ether oxygens (including phenoxy) is 1. The number of fused-ring (bicyclic) bond motifs is 1. The molecule has 0 spiro atoms. The Hall–Kier alpha value is -2.51. The van der Waals surface area contributed by atoms with E-state index in [1.807, 2.05) is 23.6 Å². The number of amides is 1. The van der Waals surface area contributed by atoms with E-state index in [2.05, 4.69) is 4.98 Å². The molecule has 0 saturated heterocycles. The van der Waals surface area contributed by atoms with E-state index < -0.39 is 0 Å². The topological polar surface area (TPSA) is 59.5 Å². The van der Waals surface area contributed by atoms with E-state index in [9.17, 15) is 9.59 Å². The minimum absolute atomic E-state index is 0.132. The van der Waals surface area contributed by atoms with Crippen molar-refractivity contribution in [2.45, 2.75) is 12.8 Å². The highest BCUT2D eigenvalue weighted by molar-refractivity contribution is 7.20. The number of esters is 1. The minimum Gasteiger partial charge on any atom is -0.465 e. The fourth-order valence-corrected chi connectivity index (χ4v) is 4.77. The van der Waals surface area contributed by atoms with Crippen LogP contribution in [0, 0.1) is 0 Å². The maximum Gasteiger partial charge on any atom is 0.338 e. The molecule has 26 heavy (non-hydrogen) atoms. The molecule has 132 valence electrons. The van der Waals surface area contributed by atoms with Crippen molar-refractivity contribution in [1.29, 1.82) is 0 Å². The van der Waals surface area contributed by atoms with Crippen LogP contribution < -0.4 is 4.90 Å². The van der Waals surface area contributed by atoms with Gasteiger partial charge in [-0.05, 0) is 42.0 Å². The number of thiophene rings is 1. The quantitative estimate of drug-likeness (QED) is 0.634. The van der Waals surface area contributed by atoms with Crippen LogP contribution >= 0.6 is 22.7 Å². The molecule has 0 radical (unpaired) electrons. The van der Waals surface area contributed by atoms with Crippen molar-refractivity contribution in [2.24, 2.45) is 0 Å². The first kappa shape index (κ1) is 16.9. The second-order valence-electron chi connectivity index (χ2n) is 5.87. The van der Waals surface area contributed by atoms with Gasteiger partial charge in [-0.15, -0.1) is 22.7 Å². The summed E-state index contributed by atoms with van der Waals surface area (Å²) in [7, 11) is 1.37. The maximum absolute atomic E-state index is 13.1. The van der Waals surface area contributed by atoms with Crippen molar-refractivity contribution in [1.82, 2.24) is 4.98 Å². The molecule has 1 aliphatic rings. The molecule has 1 amide bonds. The van der Waals surface area contributed by atoms with E-state index in [0.717, 1.165) is 34.0 Å².